The van der Waals surface area contributed by atoms with Crippen molar-refractivity contribution in [2.45, 2.75) is 93.3 Å². The van der Waals surface area contributed by atoms with Crippen molar-refractivity contribution in [3.63, 3.8) is 0 Å². The second-order valence-corrected chi connectivity index (χ2v) is 13.1. The van der Waals surface area contributed by atoms with E-state index < -0.39 is 32.5 Å². The molecule has 0 radical (unpaired) electrons. The summed E-state index contributed by atoms with van der Waals surface area (Å²) in [6, 6.07) is 23.5. The van der Waals surface area contributed by atoms with Gasteiger partial charge in [0.15, 0.2) is 0 Å². The molecule has 6 heteroatoms. The quantitative estimate of drug-likeness (QED) is 0.269. The molecule has 0 aromatic heterocycles. The summed E-state index contributed by atoms with van der Waals surface area (Å²) in [5.74, 6) is 0. The Morgan fingerprint density at radius 2 is 1.32 bits per heavy atom. The second kappa shape index (κ2) is 11.7. The van der Waals surface area contributed by atoms with Gasteiger partial charge in [-0.25, -0.2) is 8.42 Å². The molecular weight excluding hydrogens is 494 g/mol. The summed E-state index contributed by atoms with van der Waals surface area (Å²) in [5, 5.41) is 10.7. The number of aliphatic hydroxyl groups excluding tert-OH is 1. The molecule has 0 heterocycles. The van der Waals surface area contributed by atoms with Gasteiger partial charge >= 0.3 is 0 Å². The van der Waals surface area contributed by atoms with Crippen LogP contribution in [0.25, 0.3) is 0 Å². The molecule has 0 bridgehead atoms. The van der Waals surface area contributed by atoms with E-state index in [1.165, 1.54) is 0 Å². The third kappa shape index (κ3) is 6.20. The number of rotatable bonds is 12. The fourth-order valence-electron chi connectivity index (χ4n) is 4.87. The van der Waals surface area contributed by atoms with E-state index in [4.69, 9.17) is 10.5 Å². The molecule has 3 aromatic carbocycles. The Morgan fingerprint density at radius 1 is 0.816 bits per heavy atom. The zero-order valence-electron chi connectivity index (χ0n) is 23.6. The van der Waals surface area contributed by atoms with Gasteiger partial charge in [0.1, 0.15) is 6.10 Å². The van der Waals surface area contributed by atoms with E-state index in [1.54, 1.807) is 36.4 Å². The summed E-state index contributed by atoms with van der Waals surface area (Å²) in [4.78, 5) is 0.493. The highest BCUT2D eigenvalue weighted by Gasteiger charge is 2.43. The van der Waals surface area contributed by atoms with E-state index in [9.17, 15) is 13.5 Å². The summed E-state index contributed by atoms with van der Waals surface area (Å²) >= 11 is 0. The number of hydrogen-bond donors (Lipinski definition) is 2. The molecule has 3 atom stereocenters. The largest absolute Gasteiger partial charge is 0.386 e. The highest BCUT2D eigenvalue weighted by molar-refractivity contribution is 7.91. The Hall–Kier alpha value is -2.51. The van der Waals surface area contributed by atoms with Crippen LogP contribution >= 0.6 is 0 Å². The smallest absolute Gasteiger partial charge is 0.206 e. The lowest BCUT2D eigenvalue weighted by Gasteiger charge is -2.45. The molecule has 3 N–H and O–H groups in total. The minimum atomic E-state index is -3.68. The third-order valence-electron chi connectivity index (χ3n) is 8.23. The highest BCUT2D eigenvalue weighted by atomic mass is 32.2. The van der Waals surface area contributed by atoms with Crippen LogP contribution in [0.4, 0.5) is 0 Å². The van der Waals surface area contributed by atoms with E-state index in [1.807, 2.05) is 70.2 Å². The van der Waals surface area contributed by atoms with Crippen LogP contribution in [0.1, 0.15) is 83.6 Å². The lowest BCUT2D eigenvalue weighted by molar-refractivity contribution is -0.103. The lowest BCUT2D eigenvalue weighted by Crippen LogP contribution is -2.48. The summed E-state index contributed by atoms with van der Waals surface area (Å²) in [7, 11) is -3.68. The van der Waals surface area contributed by atoms with Crippen LogP contribution in [0.5, 0.6) is 0 Å². The molecule has 3 unspecified atom stereocenters. The predicted molar refractivity (Wildman–Crippen MR) is 154 cm³/mol. The van der Waals surface area contributed by atoms with Crippen LogP contribution in [0.2, 0.25) is 0 Å². The van der Waals surface area contributed by atoms with Crippen molar-refractivity contribution >= 4 is 9.84 Å². The minimum Gasteiger partial charge on any atom is -0.386 e. The molecule has 0 saturated heterocycles. The molecular formula is C32H43NO4S. The Morgan fingerprint density at radius 3 is 1.79 bits per heavy atom. The minimum absolute atomic E-state index is 0.165. The van der Waals surface area contributed by atoms with Crippen molar-refractivity contribution in [2.24, 2.45) is 5.73 Å². The number of sulfone groups is 1. The van der Waals surface area contributed by atoms with E-state index in [0.29, 0.717) is 0 Å². The first kappa shape index (κ1) is 30.0. The zero-order chi connectivity index (χ0) is 28.2. The average molecular weight is 538 g/mol. The maximum atomic E-state index is 13.4. The first-order valence-corrected chi connectivity index (χ1v) is 14.9. The molecule has 0 fully saturated rings. The molecule has 38 heavy (non-hydrogen) atoms. The second-order valence-electron chi connectivity index (χ2n) is 11.2. The number of benzene rings is 3. The van der Waals surface area contributed by atoms with Crippen molar-refractivity contribution in [2.75, 3.05) is 6.61 Å². The van der Waals surface area contributed by atoms with Gasteiger partial charge in [0, 0.05) is 11.0 Å². The van der Waals surface area contributed by atoms with Gasteiger partial charge in [-0.05, 0) is 74.6 Å². The summed E-state index contributed by atoms with van der Waals surface area (Å²) in [6.07, 6.45) is 1.79. The fraction of sp³-hybridized carbons (Fsp3) is 0.438. The van der Waals surface area contributed by atoms with Gasteiger partial charge in [0.2, 0.25) is 9.84 Å². The highest BCUT2D eigenvalue weighted by Crippen LogP contribution is 2.42. The molecule has 0 saturated carbocycles. The Bertz CT molecular complexity index is 1280. The van der Waals surface area contributed by atoms with Crippen LogP contribution in [-0.4, -0.2) is 25.7 Å². The zero-order valence-corrected chi connectivity index (χ0v) is 24.4. The molecule has 0 aliphatic rings. The predicted octanol–water partition coefficient (Wildman–Crippen LogP) is 6.69. The van der Waals surface area contributed by atoms with Crippen molar-refractivity contribution in [1.29, 1.82) is 0 Å². The number of nitrogens with two attached hydrogens (primary N) is 1. The lowest BCUT2D eigenvalue weighted by atomic mass is 9.67. The van der Waals surface area contributed by atoms with Crippen LogP contribution in [0.15, 0.2) is 88.7 Å². The average Bonchev–Trinajstić information content (AvgIpc) is 2.92. The molecule has 3 rings (SSSR count). The summed E-state index contributed by atoms with van der Waals surface area (Å²) < 4.78 is 33.1. The van der Waals surface area contributed by atoms with Crippen LogP contribution in [0.3, 0.4) is 0 Å². The Labute approximate surface area is 229 Å². The maximum Gasteiger partial charge on any atom is 0.206 e. The molecule has 0 amide bonds. The van der Waals surface area contributed by atoms with Crippen LogP contribution < -0.4 is 5.73 Å². The summed E-state index contributed by atoms with van der Waals surface area (Å²) in [5.41, 5.74) is 7.50. The first-order valence-electron chi connectivity index (χ1n) is 13.4. The van der Waals surface area contributed by atoms with Gasteiger partial charge in [0.25, 0.3) is 0 Å². The molecule has 206 valence electrons. The van der Waals surface area contributed by atoms with Gasteiger partial charge in [-0.3, -0.25) is 0 Å². The third-order valence-corrected chi connectivity index (χ3v) is 10.0. The van der Waals surface area contributed by atoms with Gasteiger partial charge in [-0.1, -0.05) is 81.8 Å². The van der Waals surface area contributed by atoms with E-state index >= 15 is 0 Å². The standard InChI is InChI=1S/C32H43NO4S/c1-7-22-31(5,30(3,4)37-23-29(34)24-12-10-9-11-13-24)25-14-18-27(19-15-25)38(35,36)28-20-16-26(17-21-28)32(6,33)8-2/h9-21,29,34H,7-8,22-23,33H2,1-6H3. The molecule has 3 aromatic rings. The number of ether oxygens (including phenoxy) is 1. The fourth-order valence-corrected chi connectivity index (χ4v) is 6.13. The number of aliphatic hydroxyl groups is 1. The van der Waals surface area contributed by atoms with Crippen LogP contribution in [-0.2, 0) is 25.5 Å². The first-order chi connectivity index (χ1) is 17.8. The van der Waals surface area contributed by atoms with Crippen molar-refractivity contribution in [3.05, 3.63) is 95.6 Å². The Balaban J connectivity index is 1.85. The molecule has 0 spiro atoms. The van der Waals surface area contributed by atoms with Gasteiger partial charge in [-0.15, -0.1) is 0 Å². The molecule has 0 aliphatic carbocycles. The number of hydrogen-bond acceptors (Lipinski definition) is 5. The van der Waals surface area contributed by atoms with Crippen LogP contribution in [0, 0.1) is 0 Å². The Kier molecular flexibility index (Phi) is 9.25. The summed E-state index contributed by atoms with van der Waals surface area (Å²) in [6.45, 7) is 12.5. The van der Waals surface area contributed by atoms with E-state index in [0.717, 1.165) is 36.0 Å². The molecule has 0 aliphatic heterocycles. The van der Waals surface area contributed by atoms with E-state index in [2.05, 4.69) is 13.8 Å². The monoisotopic (exact) mass is 537 g/mol. The normalized spacial score (nSPS) is 16.4. The SMILES string of the molecule is CCCC(C)(c1ccc(S(=O)(=O)c2ccc(C(C)(N)CC)cc2)cc1)C(C)(C)OCC(O)c1ccccc1. The van der Waals surface area contributed by atoms with Crippen molar-refractivity contribution in [3.8, 4) is 0 Å². The van der Waals surface area contributed by atoms with Gasteiger partial charge in [-0.2, -0.15) is 0 Å². The topological polar surface area (TPSA) is 89.6 Å². The van der Waals surface area contributed by atoms with Crippen molar-refractivity contribution < 1.29 is 18.3 Å². The maximum absolute atomic E-state index is 13.4. The van der Waals surface area contributed by atoms with E-state index in [-0.39, 0.29) is 16.4 Å². The molecule has 5 nitrogen and oxygen atoms in total. The van der Waals surface area contributed by atoms with Crippen molar-refractivity contribution in [1.82, 2.24) is 0 Å². The van der Waals surface area contributed by atoms with Gasteiger partial charge in [0.05, 0.1) is 22.0 Å². The van der Waals surface area contributed by atoms with Gasteiger partial charge < -0.3 is 15.6 Å².